The van der Waals surface area contributed by atoms with Crippen molar-refractivity contribution in [2.24, 2.45) is 0 Å². The maximum atomic E-state index is 12.2. The van der Waals surface area contributed by atoms with Gasteiger partial charge in [0.25, 0.3) is 0 Å². The van der Waals surface area contributed by atoms with Gasteiger partial charge in [0, 0.05) is 6.07 Å². The van der Waals surface area contributed by atoms with Gasteiger partial charge in [-0.15, -0.1) is 0 Å². The average Bonchev–Trinajstić information content (AvgIpc) is 2.84. The molecule has 0 aliphatic rings. The molecule has 0 radical (unpaired) electrons. The van der Waals surface area contributed by atoms with Gasteiger partial charge in [0.05, 0.1) is 25.9 Å². The van der Waals surface area contributed by atoms with Crippen LogP contribution in [0.25, 0.3) is 21.9 Å². The van der Waals surface area contributed by atoms with Crippen LogP contribution in [0.15, 0.2) is 32.0 Å². The van der Waals surface area contributed by atoms with E-state index in [1.807, 2.05) is 0 Å². The van der Waals surface area contributed by atoms with E-state index >= 15 is 0 Å². The number of hydrogen-bond donors (Lipinski definition) is 0. The Balaban J connectivity index is 2.68. The van der Waals surface area contributed by atoms with Crippen molar-refractivity contribution in [2.45, 2.75) is 6.92 Å². The Labute approximate surface area is 108 Å². The molecule has 3 aromatic rings. The summed E-state index contributed by atoms with van der Waals surface area (Å²) in [6, 6.07) is 3.16. The van der Waals surface area contributed by atoms with Crippen LogP contribution >= 0.6 is 0 Å². The summed E-state index contributed by atoms with van der Waals surface area (Å²) in [7, 11) is 3.01. The third-order valence-corrected chi connectivity index (χ3v) is 3.03. The van der Waals surface area contributed by atoms with Gasteiger partial charge in [0.2, 0.25) is 0 Å². The normalized spacial score (nSPS) is 11.1. The molecule has 5 heteroatoms. The average molecular weight is 260 g/mol. The number of furan rings is 1. The van der Waals surface area contributed by atoms with Crippen LogP contribution in [-0.4, -0.2) is 14.2 Å². The highest BCUT2D eigenvalue weighted by atomic mass is 16.5. The predicted octanol–water partition coefficient (Wildman–Crippen LogP) is 2.86. The lowest BCUT2D eigenvalue weighted by Gasteiger charge is -2.10. The summed E-state index contributed by atoms with van der Waals surface area (Å²) in [5, 5.41) is 1.04. The van der Waals surface area contributed by atoms with Crippen molar-refractivity contribution < 1.29 is 18.3 Å². The number of rotatable bonds is 2. The van der Waals surface area contributed by atoms with Gasteiger partial charge in [0.15, 0.2) is 28.1 Å². The van der Waals surface area contributed by atoms with E-state index in [1.54, 1.807) is 13.0 Å². The molecule has 0 amide bonds. The molecule has 0 aliphatic heterocycles. The van der Waals surface area contributed by atoms with Crippen molar-refractivity contribution in [3.05, 3.63) is 34.4 Å². The highest BCUT2D eigenvalue weighted by Crippen LogP contribution is 2.41. The first-order valence-electron chi connectivity index (χ1n) is 5.73. The van der Waals surface area contributed by atoms with E-state index < -0.39 is 0 Å². The molecule has 0 aliphatic carbocycles. The van der Waals surface area contributed by atoms with Gasteiger partial charge in [-0.1, -0.05) is 0 Å². The topological polar surface area (TPSA) is 61.8 Å². The second-order valence-corrected chi connectivity index (χ2v) is 4.16. The molecule has 0 N–H and O–H groups in total. The maximum absolute atomic E-state index is 12.2. The van der Waals surface area contributed by atoms with Crippen LogP contribution in [0.4, 0.5) is 0 Å². The Bertz CT molecular complexity index is 825. The van der Waals surface area contributed by atoms with Crippen molar-refractivity contribution in [1.29, 1.82) is 0 Å². The van der Waals surface area contributed by atoms with Crippen LogP contribution in [0.1, 0.15) is 5.76 Å². The third kappa shape index (κ3) is 1.51. The van der Waals surface area contributed by atoms with Crippen LogP contribution in [-0.2, 0) is 0 Å². The lowest BCUT2D eigenvalue weighted by atomic mass is 10.1. The summed E-state index contributed by atoms with van der Waals surface area (Å²) in [5.74, 6) is 1.35. The van der Waals surface area contributed by atoms with Crippen LogP contribution in [0.2, 0.25) is 0 Å². The quantitative estimate of drug-likeness (QED) is 0.709. The maximum Gasteiger partial charge on any atom is 0.197 e. The number of ether oxygens (including phenoxy) is 2. The van der Waals surface area contributed by atoms with E-state index in [4.69, 9.17) is 18.3 Å². The lowest BCUT2D eigenvalue weighted by molar-refractivity contribution is 0.402. The minimum Gasteiger partial charge on any atom is -0.492 e. The standard InChI is InChI=1S/C14H12O5/c1-7-6-9(15)10-13(17-3)12-8(4-5-18-12)11(16-2)14(10)19-7/h4-6H,1-3H3. The number of benzene rings is 1. The van der Waals surface area contributed by atoms with Gasteiger partial charge in [0.1, 0.15) is 11.1 Å². The van der Waals surface area contributed by atoms with E-state index in [0.717, 1.165) is 0 Å². The van der Waals surface area contributed by atoms with Crippen molar-refractivity contribution in [3.8, 4) is 11.5 Å². The first-order valence-corrected chi connectivity index (χ1v) is 5.73. The molecule has 98 valence electrons. The van der Waals surface area contributed by atoms with Crippen LogP contribution in [0.3, 0.4) is 0 Å². The summed E-state index contributed by atoms with van der Waals surface area (Å²) in [5.41, 5.74) is 0.661. The van der Waals surface area contributed by atoms with Crippen molar-refractivity contribution >= 4 is 21.9 Å². The van der Waals surface area contributed by atoms with Gasteiger partial charge >= 0.3 is 0 Å². The Morgan fingerprint density at radius 1 is 1.11 bits per heavy atom. The minimum absolute atomic E-state index is 0.188. The predicted molar refractivity (Wildman–Crippen MR) is 70.1 cm³/mol. The molecule has 2 heterocycles. The molecule has 0 saturated heterocycles. The molecule has 5 nitrogen and oxygen atoms in total. The summed E-state index contributed by atoms with van der Waals surface area (Å²) < 4.78 is 21.7. The molecule has 0 saturated carbocycles. The van der Waals surface area contributed by atoms with Crippen molar-refractivity contribution in [3.63, 3.8) is 0 Å². The Morgan fingerprint density at radius 3 is 2.53 bits per heavy atom. The van der Waals surface area contributed by atoms with Gasteiger partial charge in [-0.3, -0.25) is 4.79 Å². The highest BCUT2D eigenvalue weighted by molar-refractivity contribution is 6.06. The highest BCUT2D eigenvalue weighted by Gasteiger charge is 2.21. The summed E-state index contributed by atoms with van der Waals surface area (Å²) in [6.07, 6.45) is 1.52. The fraction of sp³-hybridized carbons (Fsp3) is 0.214. The molecule has 0 atom stereocenters. The molecule has 3 rings (SSSR count). The number of hydrogen-bond acceptors (Lipinski definition) is 5. The van der Waals surface area contributed by atoms with E-state index in [-0.39, 0.29) is 5.43 Å². The van der Waals surface area contributed by atoms with Crippen LogP contribution in [0, 0.1) is 6.92 Å². The van der Waals surface area contributed by atoms with E-state index in [1.165, 1.54) is 26.5 Å². The molecule has 0 spiro atoms. The van der Waals surface area contributed by atoms with Gasteiger partial charge in [-0.05, 0) is 13.0 Å². The monoisotopic (exact) mass is 260 g/mol. The van der Waals surface area contributed by atoms with Gasteiger partial charge in [-0.2, -0.15) is 0 Å². The molecule has 19 heavy (non-hydrogen) atoms. The Hall–Kier alpha value is -2.43. The largest absolute Gasteiger partial charge is 0.492 e. The van der Waals surface area contributed by atoms with E-state index in [2.05, 4.69) is 0 Å². The second-order valence-electron chi connectivity index (χ2n) is 4.16. The summed E-state index contributed by atoms with van der Waals surface area (Å²) in [4.78, 5) is 12.2. The molecule has 0 bridgehead atoms. The first kappa shape index (κ1) is 11.6. The molecule has 0 unspecified atom stereocenters. The minimum atomic E-state index is -0.188. The van der Waals surface area contributed by atoms with Crippen LogP contribution in [0.5, 0.6) is 11.5 Å². The first-order chi connectivity index (χ1) is 9.17. The van der Waals surface area contributed by atoms with E-state index in [0.29, 0.717) is 39.2 Å². The molecular weight excluding hydrogens is 248 g/mol. The second kappa shape index (κ2) is 4.05. The zero-order chi connectivity index (χ0) is 13.6. The zero-order valence-electron chi connectivity index (χ0n) is 10.8. The van der Waals surface area contributed by atoms with Crippen molar-refractivity contribution in [1.82, 2.24) is 0 Å². The van der Waals surface area contributed by atoms with Gasteiger partial charge < -0.3 is 18.3 Å². The fourth-order valence-electron chi connectivity index (χ4n) is 2.28. The Kier molecular flexibility index (Phi) is 2.48. The van der Waals surface area contributed by atoms with E-state index in [9.17, 15) is 4.79 Å². The van der Waals surface area contributed by atoms with Crippen molar-refractivity contribution in [2.75, 3.05) is 14.2 Å². The summed E-state index contributed by atoms with van der Waals surface area (Å²) >= 11 is 0. The van der Waals surface area contributed by atoms with Crippen LogP contribution < -0.4 is 14.9 Å². The fourth-order valence-corrected chi connectivity index (χ4v) is 2.28. The number of methoxy groups -OCH3 is 2. The third-order valence-electron chi connectivity index (χ3n) is 3.03. The molecule has 2 aromatic heterocycles. The lowest BCUT2D eigenvalue weighted by Crippen LogP contribution is -2.04. The molecule has 1 aromatic carbocycles. The van der Waals surface area contributed by atoms with Gasteiger partial charge in [-0.25, -0.2) is 0 Å². The summed E-state index contributed by atoms with van der Waals surface area (Å²) in [6.45, 7) is 1.71. The molecule has 0 fully saturated rings. The number of aryl methyl sites for hydroxylation is 1. The number of fused-ring (bicyclic) bond motifs is 2. The molecular formula is C14H12O5. The zero-order valence-corrected chi connectivity index (χ0v) is 10.8. The smallest absolute Gasteiger partial charge is 0.197 e. The SMILES string of the molecule is COc1c2ccoc2c(OC)c2c(=O)cc(C)oc12. The Morgan fingerprint density at radius 2 is 1.84 bits per heavy atom.